The third-order valence-corrected chi connectivity index (χ3v) is 6.84. The van der Waals surface area contributed by atoms with Gasteiger partial charge in [-0.05, 0) is 61.3 Å². The Morgan fingerprint density at radius 3 is 2.21 bits per heavy atom. The van der Waals surface area contributed by atoms with Crippen molar-refractivity contribution in [3.05, 3.63) is 132 Å². The molecule has 4 aromatic heterocycles. The molecule has 0 amide bonds. The average Bonchev–Trinajstić information content (AvgIpc) is 3.64. The molecule has 207 valence electrons. The molecule has 0 bridgehead atoms. The first-order valence-corrected chi connectivity index (χ1v) is 12.8. The number of aryl methyl sites for hydroxylation is 3. The first-order chi connectivity index (χ1) is 23.7. The van der Waals surface area contributed by atoms with Crippen LogP contribution in [0, 0.1) is 32.7 Å². The van der Waals surface area contributed by atoms with E-state index in [-0.39, 0.29) is 42.5 Å². The standard InChI is InChI=1S/C25H16NO2.C12H10N.Ir/c1-14-10-21(26-13-15(14)2)18-8-5-7-17-20-12-23-19(11-24(20)28-25(17)18)16-6-3-4-9-22(16)27-23;1-10-7-8-12(13-9-10)11-5-3-2-4-6-11;/h3-7,9-13H,1-2H3;2-5,7-9H,1H3;/q2*-1;/i1D3,2D3;1D3;. The summed E-state index contributed by atoms with van der Waals surface area (Å²) in [6, 6.07) is 33.4. The van der Waals surface area contributed by atoms with Gasteiger partial charge in [-0.3, -0.25) is 0 Å². The van der Waals surface area contributed by atoms with E-state index in [4.69, 9.17) is 21.2 Å². The van der Waals surface area contributed by atoms with E-state index in [1.54, 1.807) is 24.3 Å². The summed E-state index contributed by atoms with van der Waals surface area (Å²) in [4.78, 5) is 8.40. The maximum absolute atomic E-state index is 7.85. The second-order valence-corrected chi connectivity index (χ2v) is 9.46. The molecule has 0 atom stereocenters. The molecule has 0 aliphatic rings. The van der Waals surface area contributed by atoms with Crippen LogP contribution >= 0.6 is 0 Å². The average molecular weight is 732 g/mol. The van der Waals surface area contributed by atoms with Crippen LogP contribution in [0.2, 0.25) is 0 Å². The Bertz CT molecular complexity index is 2500. The Morgan fingerprint density at radius 2 is 1.43 bits per heavy atom. The molecular weight excluding hydrogens is 697 g/mol. The van der Waals surface area contributed by atoms with Gasteiger partial charge in [-0.25, -0.2) is 0 Å². The molecular formula is C37H26IrN2O2-2. The van der Waals surface area contributed by atoms with Crippen molar-refractivity contribution >= 4 is 43.9 Å². The van der Waals surface area contributed by atoms with E-state index in [0.717, 1.165) is 50.2 Å². The van der Waals surface area contributed by atoms with Crippen molar-refractivity contribution < 1.29 is 41.3 Å². The number of hydrogen-bond donors (Lipinski definition) is 0. The smallest absolute Gasteiger partial charge is 0.136 e. The summed E-state index contributed by atoms with van der Waals surface area (Å²) in [7, 11) is 0. The van der Waals surface area contributed by atoms with Crippen molar-refractivity contribution in [2.45, 2.75) is 20.6 Å². The molecule has 0 saturated carbocycles. The van der Waals surface area contributed by atoms with Gasteiger partial charge < -0.3 is 18.8 Å². The van der Waals surface area contributed by atoms with Gasteiger partial charge in [0.05, 0.1) is 5.58 Å². The van der Waals surface area contributed by atoms with Crippen molar-refractivity contribution in [1.29, 1.82) is 0 Å². The minimum Gasteiger partial charge on any atom is -0.501 e. The molecule has 0 saturated heterocycles. The molecule has 0 spiro atoms. The Kier molecular flexibility index (Phi) is 5.08. The van der Waals surface area contributed by atoms with Crippen LogP contribution in [0.3, 0.4) is 0 Å². The summed E-state index contributed by atoms with van der Waals surface area (Å²) in [6.07, 6.45) is 2.50. The topological polar surface area (TPSA) is 52.1 Å². The number of aromatic nitrogens is 2. The van der Waals surface area contributed by atoms with E-state index in [2.05, 4.69) is 22.1 Å². The van der Waals surface area contributed by atoms with Crippen molar-refractivity contribution in [1.82, 2.24) is 9.97 Å². The van der Waals surface area contributed by atoms with Crippen LogP contribution in [-0.2, 0) is 20.1 Å². The first-order valence-electron chi connectivity index (χ1n) is 17.3. The molecule has 0 unspecified atom stereocenters. The van der Waals surface area contributed by atoms with Crippen LogP contribution in [0.25, 0.3) is 66.4 Å². The predicted molar refractivity (Wildman–Crippen MR) is 166 cm³/mol. The fraction of sp³-hybridized carbons (Fsp3) is 0.0811. The summed E-state index contributed by atoms with van der Waals surface area (Å²) < 4.78 is 80.6. The van der Waals surface area contributed by atoms with Gasteiger partial charge in [-0.1, -0.05) is 52.9 Å². The van der Waals surface area contributed by atoms with Crippen molar-refractivity contribution in [2.75, 3.05) is 0 Å². The van der Waals surface area contributed by atoms with Gasteiger partial charge in [0, 0.05) is 61.0 Å². The minimum atomic E-state index is -2.62. The second-order valence-electron chi connectivity index (χ2n) is 9.46. The fourth-order valence-corrected chi connectivity index (χ4v) is 4.85. The Morgan fingerprint density at radius 1 is 0.619 bits per heavy atom. The number of pyridine rings is 2. The van der Waals surface area contributed by atoms with Crippen LogP contribution in [0.15, 0.2) is 112 Å². The molecule has 8 rings (SSSR count). The van der Waals surface area contributed by atoms with Gasteiger partial charge in [-0.2, -0.15) is 0 Å². The SMILES string of the molecule is [2H]C([2H])([2H])c1ccc(-c2[c-]cccc2)nc1.[2H]C([2H])([2H])c1cnc(-c2[c-]ccc3c2oc2cc4c(cc23)oc2ccccc24)cc1C([2H])([2H])[2H].[Ir]. The molecule has 42 heavy (non-hydrogen) atoms. The van der Waals surface area contributed by atoms with E-state index in [9.17, 15) is 0 Å². The number of fused-ring (bicyclic) bond motifs is 6. The van der Waals surface area contributed by atoms with Gasteiger partial charge in [0.1, 0.15) is 16.7 Å². The molecule has 0 aliphatic heterocycles. The number of nitrogens with zero attached hydrogens (tertiary/aromatic N) is 2. The van der Waals surface area contributed by atoms with Gasteiger partial charge in [-0.15, -0.1) is 54.1 Å². The quantitative estimate of drug-likeness (QED) is 0.166. The van der Waals surface area contributed by atoms with Crippen molar-refractivity contribution in [3.63, 3.8) is 0 Å². The van der Waals surface area contributed by atoms with Crippen molar-refractivity contribution in [3.8, 4) is 22.5 Å². The number of rotatable bonds is 2. The summed E-state index contributed by atoms with van der Waals surface area (Å²) >= 11 is 0. The summed E-state index contributed by atoms with van der Waals surface area (Å²) in [5, 5.41) is 3.55. The number of para-hydroxylation sites is 1. The molecule has 4 aromatic carbocycles. The van der Waals surface area contributed by atoms with Gasteiger partial charge in [0.25, 0.3) is 0 Å². The molecule has 0 aliphatic carbocycles. The maximum atomic E-state index is 7.85. The molecule has 8 aromatic rings. The minimum absolute atomic E-state index is 0. The number of hydrogen-bond acceptors (Lipinski definition) is 4. The van der Waals surface area contributed by atoms with Gasteiger partial charge in [0.2, 0.25) is 0 Å². The van der Waals surface area contributed by atoms with E-state index in [1.165, 1.54) is 12.3 Å². The van der Waals surface area contributed by atoms with E-state index >= 15 is 0 Å². The molecule has 4 nitrogen and oxygen atoms in total. The van der Waals surface area contributed by atoms with Crippen LogP contribution in [-0.4, -0.2) is 9.97 Å². The molecule has 4 heterocycles. The Labute approximate surface area is 270 Å². The monoisotopic (exact) mass is 732 g/mol. The first kappa shape index (κ1) is 18.8. The molecule has 5 heteroatoms. The largest absolute Gasteiger partial charge is 0.501 e. The van der Waals surface area contributed by atoms with Gasteiger partial charge >= 0.3 is 0 Å². The molecule has 0 fully saturated rings. The fourth-order valence-electron chi connectivity index (χ4n) is 4.85. The van der Waals surface area contributed by atoms with Gasteiger partial charge in [0.15, 0.2) is 0 Å². The van der Waals surface area contributed by atoms with Crippen LogP contribution in [0.1, 0.15) is 29.0 Å². The van der Waals surface area contributed by atoms with E-state index < -0.39 is 20.6 Å². The zero-order chi connectivity index (χ0) is 35.4. The summed E-state index contributed by atoms with van der Waals surface area (Å²) in [5.74, 6) is 0. The summed E-state index contributed by atoms with van der Waals surface area (Å²) in [5.41, 5.74) is 4.68. The van der Waals surface area contributed by atoms with Crippen LogP contribution in [0.4, 0.5) is 0 Å². The zero-order valence-corrected chi connectivity index (χ0v) is 24.3. The van der Waals surface area contributed by atoms with Crippen LogP contribution < -0.4 is 0 Å². The third kappa shape index (κ3) is 5.02. The van der Waals surface area contributed by atoms with E-state index in [0.29, 0.717) is 16.7 Å². The number of benzene rings is 4. The summed E-state index contributed by atoms with van der Waals surface area (Å²) in [6.45, 7) is -7.30. The van der Waals surface area contributed by atoms with Crippen molar-refractivity contribution in [2.24, 2.45) is 0 Å². The number of furan rings is 2. The second kappa shape index (κ2) is 11.4. The normalized spacial score (nSPS) is 15.1. The third-order valence-electron chi connectivity index (χ3n) is 6.84. The Balaban J connectivity index is 0.000000222. The predicted octanol–water partition coefficient (Wildman–Crippen LogP) is 9.82. The van der Waals surface area contributed by atoms with E-state index in [1.807, 2.05) is 60.7 Å². The Hall–Kier alpha value is -4.57. The molecule has 0 N–H and O–H groups in total. The van der Waals surface area contributed by atoms with Crippen LogP contribution in [0.5, 0.6) is 0 Å². The zero-order valence-electron chi connectivity index (χ0n) is 30.9. The maximum Gasteiger partial charge on any atom is 0.136 e. The molecule has 1 radical (unpaired) electrons.